The average Bonchev–Trinajstić information content (AvgIpc) is 2.61. The summed E-state index contributed by atoms with van der Waals surface area (Å²) in [6.45, 7) is -0.0271. The molecule has 26 heavy (non-hydrogen) atoms. The Kier molecular flexibility index (Phi) is 8.61. The van der Waals surface area contributed by atoms with Crippen LogP contribution in [0.5, 0.6) is 5.75 Å². The summed E-state index contributed by atoms with van der Waals surface area (Å²) in [4.78, 5) is 25.1. The van der Waals surface area contributed by atoms with Crippen LogP contribution in [0.4, 0.5) is 5.69 Å². The van der Waals surface area contributed by atoms with Crippen molar-refractivity contribution in [3.63, 3.8) is 0 Å². The number of rotatable bonds is 7. The molecule has 0 aliphatic heterocycles. The van der Waals surface area contributed by atoms with Gasteiger partial charge in [0.25, 0.3) is 5.91 Å². The molecule has 0 aliphatic rings. The first-order valence-corrected chi connectivity index (χ1v) is 7.99. The third kappa shape index (κ3) is 6.74. The summed E-state index contributed by atoms with van der Waals surface area (Å²) in [5.41, 5.74) is 7.60. The number of amides is 2. The number of nitrogens with one attached hydrogen (secondary N) is 1. The van der Waals surface area contributed by atoms with Gasteiger partial charge in [0.1, 0.15) is 5.75 Å². The van der Waals surface area contributed by atoms with E-state index in [9.17, 15) is 9.59 Å². The molecule has 0 bridgehead atoms. The summed E-state index contributed by atoms with van der Waals surface area (Å²) in [6, 6.07) is 15.8. The molecular formula is C19H24ClN3O3. The molecule has 6 nitrogen and oxygen atoms in total. The lowest BCUT2D eigenvalue weighted by molar-refractivity contribution is -0.130. The maximum absolute atomic E-state index is 12.2. The van der Waals surface area contributed by atoms with Crippen LogP contribution in [0.2, 0.25) is 0 Å². The van der Waals surface area contributed by atoms with Gasteiger partial charge < -0.3 is 20.7 Å². The summed E-state index contributed by atoms with van der Waals surface area (Å²) in [5, 5.41) is 2.78. The Labute approximate surface area is 159 Å². The van der Waals surface area contributed by atoms with Crippen molar-refractivity contribution in [1.29, 1.82) is 0 Å². The minimum atomic E-state index is -0.629. The van der Waals surface area contributed by atoms with Gasteiger partial charge in [-0.15, -0.1) is 12.4 Å². The van der Waals surface area contributed by atoms with E-state index in [0.29, 0.717) is 17.9 Å². The second-order valence-corrected chi connectivity index (χ2v) is 5.89. The van der Waals surface area contributed by atoms with Gasteiger partial charge in [-0.25, -0.2) is 0 Å². The summed E-state index contributed by atoms with van der Waals surface area (Å²) >= 11 is 0. The van der Waals surface area contributed by atoms with Crippen LogP contribution in [-0.2, 0) is 16.0 Å². The minimum Gasteiger partial charge on any atom is -0.484 e. The molecule has 1 unspecified atom stereocenters. The van der Waals surface area contributed by atoms with E-state index in [0.717, 1.165) is 5.56 Å². The van der Waals surface area contributed by atoms with Crippen LogP contribution in [-0.4, -0.2) is 43.5 Å². The Bertz CT molecular complexity index is 706. The lowest BCUT2D eigenvalue weighted by Crippen LogP contribution is -2.37. The average molecular weight is 378 g/mol. The zero-order chi connectivity index (χ0) is 18.2. The van der Waals surface area contributed by atoms with E-state index in [4.69, 9.17) is 10.5 Å². The molecule has 0 saturated heterocycles. The smallest absolute Gasteiger partial charge is 0.259 e. The molecule has 7 heteroatoms. The van der Waals surface area contributed by atoms with E-state index in [1.807, 2.05) is 30.3 Å². The van der Waals surface area contributed by atoms with Gasteiger partial charge in [0.05, 0.1) is 6.04 Å². The van der Waals surface area contributed by atoms with E-state index >= 15 is 0 Å². The fourth-order valence-corrected chi connectivity index (χ4v) is 2.10. The van der Waals surface area contributed by atoms with Crippen molar-refractivity contribution in [1.82, 2.24) is 4.90 Å². The highest BCUT2D eigenvalue weighted by atomic mass is 35.5. The van der Waals surface area contributed by atoms with E-state index in [1.54, 1.807) is 38.4 Å². The zero-order valence-corrected chi connectivity index (χ0v) is 15.7. The van der Waals surface area contributed by atoms with Gasteiger partial charge in [-0.1, -0.05) is 30.3 Å². The Morgan fingerprint density at radius 2 is 1.69 bits per heavy atom. The highest BCUT2D eigenvalue weighted by molar-refractivity contribution is 5.94. The van der Waals surface area contributed by atoms with Gasteiger partial charge in [-0.3, -0.25) is 9.59 Å². The predicted molar refractivity (Wildman–Crippen MR) is 105 cm³/mol. The van der Waals surface area contributed by atoms with Gasteiger partial charge >= 0.3 is 0 Å². The number of carbonyl (C=O) groups is 2. The van der Waals surface area contributed by atoms with E-state index in [2.05, 4.69) is 5.32 Å². The SMILES string of the molecule is CN(C)C(=O)COc1ccc(NC(=O)C(N)Cc2ccccc2)cc1.Cl. The molecule has 2 amide bonds. The fraction of sp³-hybridized carbons (Fsp3) is 0.263. The molecule has 0 spiro atoms. The molecule has 0 saturated carbocycles. The summed E-state index contributed by atoms with van der Waals surface area (Å²) in [6.07, 6.45) is 0.473. The Hall–Kier alpha value is -2.57. The van der Waals surface area contributed by atoms with Gasteiger partial charge in [-0.2, -0.15) is 0 Å². The normalized spacial score (nSPS) is 11.0. The molecule has 140 valence electrons. The number of carbonyl (C=O) groups excluding carboxylic acids is 2. The van der Waals surface area contributed by atoms with Crippen LogP contribution >= 0.6 is 12.4 Å². The van der Waals surface area contributed by atoms with Crippen LogP contribution in [0.3, 0.4) is 0 Å². The highest BCUT2D eigenvalue weighted by Gasteiger charge is 2.14. The van der Waals surface area contributed by atoms with Gasteiger partial charge in [0.2, 0.25) is 5.91 Å². The second kappa shape index (κ2) is 10.4. The molecular weight excluding hydrogens is 354 g/mol. The zero-order valence-electron chi connectivity index (χ0n) is 14.8. The quantitative estimate of drug-likeness (QED) is 0.773. The van der Waals surface area contributed by atoms with Crippen molar-refractivity contribution in [3.05, 3.63) is 60.2 Å². The Balaban J connectivity index is 0.00000338. The number of nitrogens with two attached hydrogens (primary N) is 1. The van der Waals surface area contributed by atoms with Crippen LogP contribution in [0.1, 0.15) is 5.56 Å². The molecule has 0 radical (unpaired) electrons. The number of anilines is 1. The molecule has 0 heterocycles. The number of hydrogen-bond donors (Lipinski definition) is 2. The van der Waals surface area contributed by atoms with Gasteiger partial charge in [0, 0.05) is 19.8 Å². The van der Waals surface area contributed by atoms with Crippen LogP contribution in [0.25, 0.3) is 0 Å². The lowest BCUT2D eigenvalue weighted by atomic mass is 10.1. The molecule has 2 rings (SSSR count). The summed E-state index contributed by atoms with van der Waals surface area (Å²) < 4.78 is 5.39. The van der Waals surface area contributed by atoms with E-state index in [1.165, 1.54) is 4.90 Å². The second-order valence-electron chi connectivity index (χ2n) is 5.89. The van der Waals surface area contributed by atoms with Crippen molar-refractivity contribution in [3.8, 4) is 5.75 Å². The van der Waals surface area contributed by atoms with Crippen molar-refractivity contribution < 1.29 is 14.3 Å². The minimum absolute atomic E-state index is 0. The predicted octanol–water partition coefficient (Wildman–Crippen LogP) is 2.08. The largest absolute Gasteiger partial charge is 0.484 e. The van der Waals surface area contributed by atoms with Crippen molar-refractivity contribution in [2.45, 2.75) is 12.5 Å². The lowest BCUT2D eigenvalue weighted by Gasteiger charge is -2.13. The number of halogens is 1. The number of hydrogen-bond acceptors (Lipinski definition) is 4. The maximum atomic E-state index is 12.2. The molecule has 2 aromatic carbocycles. The fourth-order valence-electron chi connectivity index (χ4n) is 2.10. The van der Waals surface area contributed by atoms with Crippen molar-refractivity contribution in [2.75, 3.05) is 26.0 Å². The molecule has 0 aromatic heterocycles. The van der Waals surface area contributed by atoms with Gasteiger partial charge in [-0.05, 0) is 36.2 Å². The molecule has 3 N–H and O–H groups in total. The Morgan fingerprint density at radius 1 is 1.08 bits per heavy atom. The van der Waals surface area contributed by atoms with Crippen LogP contribution < -0.4 is 15.8 Å². The van der Waals surface area contributed by atoms with Crippen molar-refractivity contribution >= 4 is 29.9 Å². The van der Waals surface area contributed by atoms with E-state index < -0.39 is 6.04 Å². The number of ether oxygens (including phenoxy) is 1. The summed E-state index contributed by atoms with van der Waals surface area (Å²) in [5.74, 6) is 0.186. The summed E-state index contributed by atoms with van der Waals surface area (Å²) in [7, 11) is 3.34. The first kappa shape index (κ1) is 21.5. The van der Waals surface area contributed by atoms with Crippen LogP contribution in [0, 0.1) is 0 Å². The standard InChI is InChI=1S/C19H23N3O3.ClH/c1-22(2)18(23)13-25-16-10-8-15(9-11-16)21-19(24)17(20)12-14-6-4-3-5-7-14;/h3-11,17H,12-13,20H2,1-2H3,(H,21,24);1H. The molecule has 0 fully saturated rings. The molecule has 0 aliphatic carbocycles. The topological polar surface area (TPSA) is 84.7 Å². The number of likely N-dealkylation sites (N-methyl/N-ethyl adjacent to an activating group) is 1. The van der Waals surface area contributed by atoms with Crippen molar-refractivity contribution in [2.24, 2.45) is 5.73 Å². The number of nitrogens with zero attached hydrogens (tertiary/aromatic N) is 1. The highest BCUT2D eigenvalue weighted by Crippen LogP contribution is 2.16. The third-order valence-corrected chi connectivity index (χ3v) is 3.62. The Morgan fingerprint density at radius 3 is 2.27 bits per heavy atom. The molecule has 1 atom stereocenters. The number of benzene rings is 2. The first-order chi connectivity index (χ1) is 12.0. The molecule has 2 aromatic rings. The third-order valence-electron chi connectivity index (χ3n) is 3.62. The maximum Gasteiger partial charge on any atom is 0.259 e. The van der Waals surface area contributed by atoms with E-state index in [-0.39, 0.29) is 30.8 Å². The van der Waals surface area contributed by atoms with Crippen LogP contribution in [0.15, 0.2) is 54.6 Å². The monoisotopic (exact) mass is 377 g/mol. The van der Waals surface area contributed by atoms with Gasteiger partial charge in [0.15, 0.2) is 6.61 Å². The first-order valence-electron chi connectivity index (χ1n) is 7.99.